The summed E-state index contributed by atoms with van der Waals surface area (Å²) in [5, 5.41) is 28.4. The fraction of sp³-hybridized carbons (Fsp3) is 0.583. The normalized spacial score (nSPS) is 28.4. The summed E-state index contributed by atoms with van der Waals surface area (Å²) in [5.41, 5.74) is -1.83. The minimum Gasteiger partial charge on any atom is -0.387 e. The van der Waals surface area contributed by atoms with Crippen LogP contribution in [0.3, 0.4) is 0 Å². The fourth-order valence-electron chi connectivity index (χ4n) is 2.57. The van der Waals surface area contributed by atoms with Gasteiger partial charge in [-0.3, -0.25) is 23.4 Å². The number of hydrogen-bond donors (Lipinski definition) is 7. The van der Waals surface area contributed by atoms with E-state index in [2.05, 4.69) is 22.0 Å². The summed E-state index contributed by atoms with van der Waals surface area (Å²) in [7, 11) is -23.1. The van der Waals surface area contributed by atoms with Gasteiger partial charge in [0.25, 0.3) is 5.56 Å². The van der Waals surface area contributed by atoms with E-state index in [0.717, 1.165) is 12.3 Å². The molecule has 1 aliphatic heterocycles. The molecular weight excluding hydrogens is 598 g/mol. The molecule has 37 heavy (non-hydrogen) atoms. The molecule has 210 valence electrons. The first-order valence-corrected chi connectivity index (χ1v) is 15.3. The van der Waals surface area contributed by atoms with Gasteiger partial charge in [-0.2, -0.15) is 18.2 Å². The Morgan fingerprint density at radius 3 is 2.03 bits per heavy atom. The average Bonchev–Trinajstić information content (AvgIpc) is 2.98. The third-order valence-corrected chi connectivity index (χ3v) is 9.89. The Bertz CT molecular complexity index is 1320. The monoisotopic (exact) mass is 617 g/mol. The third-order valence-electron chi connectivity index (χ3n) is 3.95. The summed E-state index contributed by atoms with van der Waals surface area (Å²) in [6.07, 6.45) is -6.51. The molecule has 7 N–H and O–H groups in total. The molecule has 1 aromatic rings. The number of aliphatic hydroxyl groups is 2. The van der Waals surface area contributed by atoms with Crippen LogP contribution >= 0.6 is 31.3 Å². The molecule has 0 radical (unpaired) electrons. The maximum Gasteiger partial charge on any atom is 0.490 e. The highest BCUT2D eigenvalue weighted by atomic mass is 31.3. The molecule has 0 bridgehead atoms. The number of aliphatic hydroxyl groups excluding tert-OH is 2. The van der Waals surface area contributed by atoms with Crippen molar-refractivity contribution in [3.8, 4) is 6.07 Å². The van der Waals surface area contributed by atoms with E-state index < -0.39 is 86.7 Å². The van der Waals surface area contributed by atoms with E-state index in [1.54, 1.807) is 0 Å². The summed E-state index contributed by atoms with van der Waals surface area (Å²) < 4.78 is 72.4. The molecule has 21 nitrogen and oxygen atoms in total. The van der Waals surface area contributed by atoms with Crippen LogP contribution in [-0.2, 0) is 45.0 Å². The van der Waals surface area contributed by atoms with Gasteiger partial charge < -0.3 is 34.5 Å². The number of phosphoric acid groups is 4. The second-order valence-electron chi connectivity index (χ2n) is 6.72. The highest BCUT2D eigenvalue weighted by Gasteiger charge is 2.48. The molecule has 4 unspecified atom stereocenters. The van der Waals surface area contributed by atoms with Crippen molar-refractivity contribution in [2.24, 2.45) is 0 Å². The van der Waals surface area contributed by atoms with Gasteiger partial charge in [0.1, 0.15) is 18.3 Å². The van der Waals surface area contributed by atoms with Crippen molar-refractivity contribution in [2.75, 3.05) is 13.2 Å². The van der Waals surface area contributed by atoms with E-state index in [-0.39, 0.29) is 0 Å². The van der Waals surface area contributed by atoms with Crippen LogP contribution in [0.1, 0.15) is 12.6 Å². The van der Waals surface area contributed by atoms with Crippen LogP contribution in [0, 0.1) is 11.3 Å². The van der Waals surface area contributed by atoms with Crippen LogP contribution in [0.2, 0.25) is 0 Å². The maximum atomic E-state index is 12.0. The Labute approximate surface area is 204 Å². The number of H-pyrrole nitrogens is 1. The lowest BCUT2D eigenvalue weighted by atomic mass is 10.1. The number of nitrogens with zero attached hydrogens (tertiary/aromatic N) is 2. The Hall–Kier alpha value is -1.39. The lowest BCUT2D eigenvalue weighted by Gasteiger charge is -2.20. The van der Waals surface area contributed by atoms with Gasteiger partial charge in [-0.05, 0) is 0 Å². The van der Waals surface area contributed by atoms with Crippen molar-refractivity contribution < 1.29 is 74.8 Å². The molecule has 2 heterocycles. The first-order chi connectivity index (χ1) is 16.9. The predicted octanol–water partition coefficient (Wildman–Crippen LogP) is -1.45. The highest BCUT2D eigenvalue weighted by Crippen LogP contribution is 2.71. The molecule has 0 spiro atoms. The molecular formula is C12H19N3O18P4. The number of rotatable bonds is 13. The largest absolute Gasteiger partial charge is 0.490 e. The van der Waals surface area contributed by atoms with Gasteiger partial charge in [0.15, 0.2) is 6.23 Å². The number of aromatic nitrogens is 2. The van der Waals surface area contributed by atoms with Crippen molar-refractivity contribution in [1.29, 1.82) is 5.26 Å². The summed E-state index contributed by atoms with van der Waals surface area (Å²) in [5.74, 6) is 0. The van der Waals surface area contributed by atoms with Crippen LogP contribution in [0.25, 0.3) is 0 Å². The quantitative estimate of drug-likeness (QED) is 0.0983. The van der Waals surface area contributed by atoms with Crippen LogP contribution in [0.5, 0.6) is 0 Å². The van der Waals surface area contributed by atoms with Gasteiger partial charge in [-0.25, -0.2) is 23.1 Å². The van der Waals surface area contributed by atoms with Crippen molar-refractivity contribution in [2.45, 2.75) is 31.0 Å². The smallest absolute Gasteiger partial charge is 0.387 e. The zero-order valence-corrected chi connectivity index (χ0v) is 21.4. The van der Waals surface area contributed by atoms with E-state index in [1.807, 2.05) is 4.98 Å². The van der Waals surface area contributed by atoms with Gasteiger partial charge in [-0.15, -0.1) is 0 Å². The van der Waals surface area contributed by atoms with Gasteiger partial charge in [-0.1, -0.05) is 0 Å². The molecule has 0 amide bonds. The maximum absolute atomic E-state index is 12.0. The summed E-state index contributed by atoms with van der Waals surface area (Å²) in [6.45, 7) is -1.90. The average molecular weight is 617 g/mol. The van der Waals surface area contributed by atoms with Crippen molar-refractivity contribution in [1.82, 2.24) is 9.55 Å². The van der Waals surface area contributed by atoms with Crippen LogP contribution in [-0.4, -0.2) is 70.9 Å². The van der Waals surface area contributed by atoms with E-state index in [9.17, 15) is 57.6 Å². The predicted molar refractivity (Wildman–Crippen MR) is 112 cm³/mol. The first-order valence-electron chi connectivity index (χ1n) is 9.31. The van der Waals surface area contributed by atoms with Gasteiger partial charge in [0.05, 0.1) is 25.7 Å². The third kappa shape index (κ3) is 9.70. The number of ether oxygens (including phenoxy) is 1. The Morgan fingerprint density at radius 2 is 1.49 bits per heavy atom. The second-order valence-corrected chi connectivity index (χ2v) is 12.9. The van der Waals surface area contributed by atoms with E-state index in [4.69, 9.17) is 10.00 Å². The Kier molecular flexibility index (Phi) is 10.5. The number of aromatic amines is 1. The van der Waals surface area contributed by atoms with Gasteiger partial charge >= 0.3 is 37.0 Å². The minimum atomic E-state index is -6.06. The molecule has 0 aliphatic carbocycles. The van der Waals surface area contributed by atoms with E-state index in [1.165, 1.54) is 6.07 Å². The molecule has 1 saturated heterocycles. The van der Waals surface area contributed by atoms with Crippen molar-refractivity contribution >= 4 is 31.3 Å². The number of nitrogens with one attached hydrogen (secondary N) is 1. The number of nitriles is 1. The van der Waals surface area contributed by atoms with Crippen LogP contribution in [0.15, 0.2) is 21.9 Å². The molecule has 1 aliphatic rings. The summed E-state index contributed by atoms with van der Waals surface area (Å²) in [6, 6.07) is 2.39. The fourth-order valence-corrected chi connectivity index (χ4v) is 7.51. The number of phosphoric ester groups is 2. The zero-order valence-electron chi connectivity index (χ0n) is 17.9. The topological polar surface area (TPSA) is 324 Å². The molecule has 2 rings (SSSR count). The molecule has 25 heteroatoms. The van der Waals surface area contributed by atoms with Crippen LogP contribution < -0.4 is 11.2 Å². The van der Waals surface area contributed by atoms with Crippen molar-refractivity contribution in [3.05, 3.63) is 33.1 Å². The molecule has 8 atom stereocenters. The highest BCUT2D eigenvalue weighted by molar-refractivity contribution is 7.69. The lowest BCUT2D eigenvalue weighted by molar-refractivity contribution is -0.0542. The molecule has 0 aromatic carbocycles. The Morgan fingerprint density at radius 1 is 0.946 bits per heavy atom. The standard InChI is InChI=1S/C12H19N3O18P4/c13-3-1-5-28-34(20,21)31-36(24,25)33-37(26,27)32-35(22,23)29-6-7-9(17)10(18)11(30-7)15-4-2-8(16)14-12(15)19/h2,4,7,9-11,17-18H,1,5-6H2,(H,20,21)(H,22,23)(H,24,25)(H,26,27)(H,14,16,19)/t7-,9-,10-,11-/m1/s1. The lowest BCUT2D eigenvalue weighted by Crippen LogP contribution is -2.37. The summed E-state index contributed by atoms with van der Waals surface area (Å²) >= 11 is 0. The van der Waals surface area contributed by atoms with Gasteiger partial charge in [0, 0.05) is 12.3 Å². The Balaban J connectivity index is 2.00. The number of hydrogen-bond acceptors (Lipinski definition) is 15. The SMILES string of the molecule is N#CCCOP(=O)(O)OP(=O)(O)OP(=O)(O)OP(=O)(O)OC[C@H]1O[C@@H](n2ccc(=O)[nH]c2=O)[C@H](O)[C@@H]1O. The van der Waals surface area contributed by atoms with Gasteiger partial charge in [0.2, 0.25) is 0 Å². The second kappa shape index (κ2) is 12.2. The van der Waals surface area contributed by atoms with Crippen molar-refractivity contribution in [3.63, 3.8) is 0 Å². The minimum absolute atomic E-state index is 0.448. The molecule has 1 aromatic heterocycles. The van der Waals surface area contributed by atoms with E-state index >= 15 is 0 Å². The summed E-state index contributed by atoms with van der Waals surface area (Å²) in [4.78, 5) is 62.6. The molecule has 1 fully saturated rings. The van der Waals surface area contributed by atoms with Crippen LogP contribution in [0.4, 0.5) is 0 Å². The molecule has 0 saturated carbocycles. The first kappa shape index (κ1) is 31.8. The zero-order chi connectivity index (χ0) is 28.2. The van der Waals surface area contributed by atoms with E-state index in [0.29, 0.717) is 4.57 Å².